The Balaban J connectivity index is 1.92. The summed E-state index contributed by atoms with van der Waals surface area (Å²) >= 11 is 11.5. The van der Waals surface area contributed by atoms with E-state index in [-0.39, 0.29) is 11.0 Å². The van der Waals surface area contributed by atoms with Gasteiger partial charge in [-0.2, -0.15) is 0 Å². The molecule has 152 valence electrons. The minimum absolute atomic E-state index is 0.0380. The Kier molecular flexibility index (Phi) is 6.84. The summed E-state index contributed by atoms with van der Waals surface area (Å²) in [5, 5.41) is 23.7. The number of aromatic hydroxyl groups is 1. The van der Waals surface area contributed by atoms with Crippen LogP contribution in [0.5, 0.6) is 5.88 Å². The molecule has 0 saturated carbocycles. The van der Waals surface area contributed by atoms with Gasteiger partial charge in [0.05, 0.1) is 12.2 Å². The fourth-order valence-corrected chi connectivity index (χ4v) is 3.37. The van der Waals surface area contributed by atoms with E-state index < -0.39 is 0 Å². The number of aryl methyl sites for hydroxylation is 1. The first-order chi connectivity index (χ1) is 13.9. The Morgan fingerprint density at radius 3 is 2.52 bits per heavy atom. The van der Waals surface area contributed by atoms with Gasteiger partial charge in [0.25, 0.3) is 0 Å². The van der Waals surface area contributed by atoms with Crippen molar-refractivity contribution in [2.45, 2.75) is 27.4 Å². The number of hydrogen-bond acceptors (Lipinski definition) is 4. The van der Waals surface area contributed by atoms with E-state index in [9.17, 15) is 5.11 Å². The minimum atomic E-state index is 0.0380. The van der Waals surface area contributed by atoms with Crippen LogP contribution in [0.15, 0.2) is 52.7 Å². The molecule has 29 heavy (non-hydrogen) atoms. The van der Waals surface area contributed by atoms with E-state index in [1.165, 1.54) is 0 Å². The second kappa shape index (κ2) is 9.35. The lowest BCUT2D eigenvalue weighted by atomic mass is 10.2. The number of thiocarbonyl (C=S) groups is 1. The Bertz CT molecular complexity index is 1040. The summed E-state index contributed by atoms with van der Waals surface area (Å²) in [5.41, 5.74) is 3.18. The van der Waals surface area contributed by atoms with Crippen LogP contribution in [0.2, 0.25) is 5.02 Å². The van der Waals surface area contributed by atoms with Crippen molar-refractivity contribution in [3.05, 3.63) is 53.1 Å². The Morgan fingerprint density at radius 1 is 1.17 bits per heavy atom. The van der Waals surface area contributed by atoms with Gasteiger partial charge in [-0.25, -0.2) is 0 Å². The van der Waals surface area contributed by atoms with E-state index in [0.717, 1.165) is 35.2 Å². The summed E-state index contributed by atoms with van der Waals surface area (Å²) in [5.74, 6) is 0.0380. The van der Waals surface area contributed by atoms with Crippen LogP contribution in [0.3, 0.4) is 0 Å². The SMILES string of the molecule is CCN(CC)Cn1c(O)c(N=NC(=S)Nc2ccc(C)cc2)c2cc(Cl)ccc21. The number of anilines is 1. The molecule has 0 radical (unpaired) electrons. The van der Waals surface area contributed by atoms with Gasteiger partial charge in [-0.05, 0) is 62.6 Å². The zero-order chi connectivity index (χ0) is 21.0. The van der Waals surface area contributed by atoms with Gasteiger partial charge in [-0.15, -0.1) is 10.2 Å². The highest BCUT2D eigenvalue weighted by molar-refractivity contribution is 7.80. The van der Waals surface area contributed by atoms with Crippen LogP contribution < -0.4 is 5.32 Å². The molecule has 3 aromatic rings. The Hall–Kier alpha value is -2.48. The first kappa shape index (κ1) is 21.2. The molecular weight excluding hydrogens is 406 g/mol. The second-order valence-corrected chi connectivity index (χ2v) is 7.53. The lowest BCUT2D eigenvalue weighted by molar-refractivity contribution is 0.233. The summed E-state index contributed by atoms with van der Waals surface area (Å²) in [7, 11) is 0. The molecule has 0 saturated heterocycles. The van der Waals surface area contributed by atoms with E-state index in [1.807, 2.05) is 41.8 Å². The molecule has 0 aliphatic heterocycles. The number of azo groups is 1. The van der Waals surface area contributed by atoms with Crippen LogP contribution >= 0.6 is 23.8 Å². The molecule has 0 amide bonds. The van der Waals surface area contributed by atoms with Crippen LogP contribution in [0.25, 0.3) is 10.9 Å². The largest absolute Gasteiger partial charge is 0.493 e. The number of rotatable bonds is 6. The topological polar surface area (TPSA) is 65.1 Å². The predicted molar refractivity (Wildman–Crippen MR) is 123 cm³/mol. The molecule has 2 aromatic carbocycles. The molecule has 1 heterocycles. The van der Waals surface area contributed by atoms with Crippen molar-refractivity contribution < 1.29 is 5.11 Å². The first-order valence-electron chi connectivity index (χ1n) is 9.45. The maximum Gasteiger partial charge on any atom is 0.221 e. The van der Waals surface area contributed by atoms with E-state index in [0.29, 0.717) is 17.4 Å². The third-order valence-corrected chi connectivity index (χ3v) is 5.17. The molecule has 0 bridgehead atoms. The lowest BCUT2D eigenvalue weighted by Crippen LogP contribution is -2.25. The van der Waals surface area contributed by atoms with E-state index in [1.54, 1.807) is 12.1 Å². The van der Waals surface area contributed by atoms with Crippen LogP contribution in [-0.2, 0) is 6.67 Å². The van der Waals surface area contributed by atoms with Gasteiger partial charge >= 0.3 is 0 Å². The number of benzene rings is 2. The molecular formula is C21H24ClN5OS. The van der Waals surface area contributed by atoms with Crippen molar-refractivity contribution >= 4 is 51.2 Å². The van der Waals surface area contributed by atoms with Gasteiger partial charge < -0.3 is 10.4 Å². The predicted octanol–water partition coefficient (Wildman–Crippen LogP) is 6.09. The molecule has 0 fully saturated rings. The van der Waals surface area contributed by atoms with Crippen LogP contribution in [0.1, 0.15) is 19.4 Å². The van der Waals surface area contributed by atoms with Gasteiger partial charge in [0.15, 0.2) is 5.69 Å². The van der Waals surface area contributed by atoms with Crippen LogP contribution in [0, 0.1) is 6.92 Å². The molecule has 0 aliphatic rings. The molecule has 2 N–H and O–H groups in total. The quantitative estimate of drug-likeness (QED) is 0.367. The third kappa shape index (κ3) is 4.93. The highest BCUT2D eigenvalue weighted by atomic mass is 35.5. The molecule has 0 unspecified atom stereocenters. The van der Waals surface area contributed by atoms with Gasteiger partial charge in [-0.1, -0.05) is 43.1 Å². The summed E-state index contributed by atoms with van der Waals surface area (Å²) in [4.78, 5) is 2.19. The molecule has 6 nitrogen and oxygen atoms in total. The second-order valence-electron chi connectivity index (χ2n) is 6.70. The maximum atomic E-state index is 10.9. The average Bonchev–Trinajstić information content (AvgIpc) is 2.96. The number of hydrogen-bond donors (Lipinski definition) is 2. The fourth-order valence-electron chi connectivity index (χ4n) is 3.04. The molecule has 0 spiro atoms. The maximum absolute atomic E-state index is 10.9. The van der Waals surface area contributed by atoms with E-state index >= 15 is 0 Å². The fraction of sp³-hybridized carbons (Fsp3) is 0.286. The number of nitrogens with zero attached hydrogens (tertiary/aromatic N) is 4. The van der Waals surface area contributed by atoms with Gasteiger partial charge in [0.1, 0.15) is 0 Å². The van der Waals surface area contributed by atoms with E-state index in [2.05, 4.69) is 34.3 Å². The number of aromatic nitrogens is 1. The third-order valence-electron chi connectivity index (χ3n) is 4.75. The van der Waals surface area contributed by atoms with E-state index in [4.69, 9.17) is 23.8 Å². The minimum Gasteiger partial charge on any atom is -0.493 e. The normalized spacial score (nSPS) is 11.6. The van der Waals surface area contributed by atoms with Crippen molar-refractivity contribution in [3.63, 3.8) is 0 Å². The number of halogens is 1. The van der Waals surface area contributed by atoms with Crippen molar-refractivity contribution in [1.29, 1.82) is 0 Å². The van der Waals surface area contributed by atoms with Crippen molar-refractivity contribution in [3.8, 4) is 5.88 Å². The summed E-state index contributed by atoms with van der Waals surface area (Å²) in [6.07, 6.45) is 0. The molecule has 0 aliphatic carbocycles. The zero-order valence-corrected chi connectivity index (χ0v) is 18.3. The highest BCUT2D eigenvalue weighted by Crippen LogP contribution is 2.40. The number of nitrogens with one attached hydrogen (secondary N) is 1. The van der Waals surface area contributed by atoms with Gasteiger partial charge in [0, 0.05) is 16.1 Å². The summed E-state index contributed by atoms with van der Waals surface area (Å²) in [6, 6.07) is 13.3. The lowest BCUT2D eigenvalue weighted by Gasteiger charge is -2.20. The molecule has 0 atom stereocenters. The first-order valence-corrected chi connectivity index (χ1v) is 10.2. The smallest absolute Gasteiger partial charge is 0.221 e. The number of fused-ring (bicyclic) bond motifs is 1. The van der Waals surface area contributed by atoms with Gasteiger partial charge in [-0.3, -0.25) is 9.47 Å². The van der Waals surface area contributed by atoms with Crippen molar-refractivity contribution in [2.75, 3.05) is 18.4 Å². The van der Waals surface area contributed by atoms with Crippen LogP contribution in [0.4, 0.5) is 11.4 Å². The van der Waals surface area contributed by atoms with Gasteiger partial charge in [0.2, 0.25) is 11.0 Å². The van der Waals surface area contributed by atoms with Crippen LogP contribution in [-0.4, -0.2) is 32.8 Å². The standard InChI is InChI=1S/C21H24ClN5OS/c1-4-26(5-2)13-27-18-11-8-15(22)12-17(18)19(20(27)28)24-25-21(29)23-16-9-6-14(3)7-10-16/h6-12,28H,4-5,13H2,1-3H3,(H,23,29). The Labute approximate surface area is 180 Å². The highest BCUT2D eigenvalue weighted by Gasteiger charge is 2.18. The Morgan fingerprint density at radius 2 is 1.86 bits per heavy atom. The molecule has 1 aromatic heterocycles. The summed E-state index contributed by atoms with van der Waals surface area (Å²) < 4.78 is 1.81. The molecule has 8 heteroatoms. The monoisotopic (exact) mass is 429 g/mol. The molecule has 3 rings (SSSR count). The zero-order valence-electron chi connectivity index (χ0n) is 16.7. The summed E-state index contributed by atoms with van der Waals surface area (Å²) in [6.45, 7) is 8.45. The van der Waals surface area contributed by atoms with Crippen molar-refractivity contribution in [1.82, 2.24) is 9.47 Å². The average molecular weight is 430 g/mol. The van der Waals surface area contributed by atoms with Crippen molar-refractivity contribution in [2.24, 2.45) is 10.2 Å².